The van der Waals surface area contributed by atoms with Crippen LogP contribution < -0.4 is 0 Å². The van der Waals surface area contributed by atoms with Crippen LogP contribution in [0.25, 0.3) is 0 Å². The minimum absolute atomic E-state index is 0.0306. The van der Waals surface area contributed by atoms with Gasteiger partial charge in [0, 0.05) is 46.3 Å². The van der Waals surface area contributed by atoms with Crippen molar-refractivity contribution in [1.82, 2.24) is 14.7 Å². The zero-order chi connectivity index (χ0) is 26.5. The molecule has 1 saturated heterocycles. The van der Waals surface area contributed by atoms with Crippen LogP contribution in [0.1, 0.15) is 28.3 Å². The Morgan fingerprint density at radius 2 is 1.53 bits per heavy atom. The van der Waals surface area contributed by atoms with Gasteiger partial charge in [-0.3, -0.25) is 14.6 Å². The van der Waals surface area contributed by atoms with Gasteiger partial charge < -0.3 is 4.90 Å². The molecular weight excluding hydrogens is 484 g/mol. The fraction of sp³-hybridized carbons (Fsp3) is 0.423. The van der Waals surface area contributed by atoms with Crippen LogP contribution in [0.15, 0.2) is 61.2 Å². The normalized spacial score (nSPS) is 16.5. The van der Waals surface area contributed by atoms with E-state index in [4.69, 9.17) is 0 Å². The number of rotatable bonds is 8. The van der Waals surface area contributed by atoms with Crippen LogP contribution in [0.4, 0.5) is 26.3 Å². The first-order chi connectivity index (χ1) is 16.9. The van der Waals surface area contributed by atoms with Gasteiger partial charge in [-0.1, -0.05) is 36.4 Å². The van der Waals surface area contributed by atoms with E-state index in [-0.39, 0.29) is 30.5 Å². The Hall–Kier alpha value is -2.85. The van der Waals surface area contributed by atoms with Crippen molar-refractivity contribution in [2.45, 2.75) is 24.8 Å². The van der Waals surface area contributed by atoms with Crippen LogP contribution in [0.2, 0.25) is 0 Å². The molecule has 2 aromatic rings. The van der Waals surface area contributed by atoms with Crippen LogP contribution >= 0.6 is 0 Å². The summed E-state index contributed by atoms with van der Waals surface area (Å²) in [6.07, 6.45) is -8.15. The number of hydrogen-bond donors (Lipinski definition) is 0. The number of carbonyl (C=O) groups is 1. The van der Waals surface area contributed by atoms with Crippen LogP contribution in [0.3, 0.4) is 0 Å². The van der Waals surface area contributed by atoms with Gasteiger partial charge in [0.15, 0.2) is 0 Å². The molecule has 10 heteroatoms. The monoisotopic (exact) mass is 513 g/mol. The van der Waals surface area contributed by atoms with Gasteiger partial charge in [-0.05, 0) is 35.7 Å². The summed E-state index contributed by atoms with van der Waals surface area (Å²) in [6, 6.07) is 10.1. The topological polar surface area (TPSA) is 26.8 Å². The fourth-order valence-corrected chi connectivity index (χ4v) is 4.31. The van der Waals surface area contributed by atoms with Gasteiger partial charge >= 0.3 is 12.4 Å². The third-order valence-electron chi connectivity index (χ3n) is 6.27. The zero-order valence-electron chi connectivity index (χ0n) is 19.9. The predicted molar refractivity (Wildman–Crippen MR) is 125 cm³/mol. The van der Waals surface area contributed by atoms with Gasteiger partial charge in [0.2, 0.25) is 5.91 Å². The highest BCUT2D eigenvalue weighted by Gasteiger charge is 2.37. The van der Waals surface area contributed by atoms with E-state index in [9.17, 15) is 31.1 Å². The summed E-state index contributed by atoms with van der Waals surface area (Å²) in [6.45, 7) is 7.23. The molecule has 4 nitrogen and oxygen atoms in total. The molecule has 0 spiro atoms. The van der Waals surface area contributed by atoms with Crippen molar-refractivity contribution in [1.29, 1.82) is 0 Å². The highest BCUT2D eigenvalue weighted by Crippen LogP contribution is 2.36. The Morgan fingerprint density at radius 3 is 2.03 bits per heavy atom. The number of alkyl halides is 6. The summed E-state index contributed by atoms with van der Waals surface area (Å²) in [5.41, 5.74) is -2.07. The maximum atomic E-state index is 13.5. The summed E-state index contributed by atoms with van der Waals surface area (Å²) in [4.78, 5) is 19.2. The lowest BCUT2D eigenvalue weighted by molar-refractivity contribution is -0.143. The number of nitrogens with zero attached hydrogens (tertiary/aromatic N) is 3. The number of likely N-dealkylation sites (N-methyl/N-ethyl adjacent to an activating group) is 1. The largest absolute Gasteiger partial charge is 0.416 e. The van der Waals surface area contributed by atoms with E-state index >= 15 is 0 Å². The SMILES string of the molecule is C=CCN1CCN(C(C(=O)N(C)CCc2cc(C(F)(F)F)cc(C(F)(F)F)c2)c2ccccc2)CC1. The Kier molecular flexibility index (Phi) is 8.84. The molecule has 2 aromatic carbocycles. The maximum Gasteiger partial charge on any atom is 0.416 e. The van der Waals surface area contributed by atoms with E-state index in [1.165, 1.54) is 11.9 Å². The standard InChI is InChI=1S/C26H29F6N3O/c1-3-10-34-12-14-35(15-13-34)23(20-7-5-4-6-8-20)24(36)33(2)11-9-19-16-21(25(27,28)29)18-22(17-19)26(30,31)32/h3-8,16-18,23H,1,9-15H2,2H3. The first-order valence-corrected chi connectivity index (χ1v) is 11.6. The first-order valence-electron chi connectivity index (χ1n) is 11.6. The summed E-state index contributed by atoms with van der Waals surface area (Å²) in [5, 5.41) is 0. The first kappa shape index (κ1) is 27.7. The lowest BCUT2D eigenvalue weighted by Gasteiger charge is -2.39. The second kappa shape index (κ2) is 11.5. The molecule has 1 fully saturated rings. The molecule has 3 rings (SSSR count). The van der Waals surface area contributed by atoms with Crippen molar-refractivity contribution in [3.63, 3.8) is 0 Å². The molecular formula is C26H29F6N3O. The minimum Gasteiger partial charge on any atom is -0.344 e. The number of benzene rings is 2. The third-order valence-corrected chi connectivity index (χ3v) is 6.27. The summed E-state index contributed by atoms with van der Waals surface area (Å²) in [5.74, 6) is -0.263. The van der Waals surface area contributed by atoms with Crippen molar-refractivity contribution >= 4 is 5.91 Å². The molecule has 0 aliphatic carbocycles. The number of piperazine rings is 1. The minimum atomic E-state index is -4.91. The smallest absolute Gasteiger partial charge is 0.344 e. The molecule has 1 atom stereocenters. The lowest BCUT2D eigenvalue weighted by atomic mass is 10.0. The Morgan fingerprint density at radius 1 is 0.972 bits per heavy atom. The van der Waals surface area contributed by atoms with E-state index in [0.29, 0.717) is 25.2 Å². The molecule has 1 aliphatic heterocycles. The fourth-order valence-electron chi connectivity index (χ4n) is 4.31. The molecule has 0 N–H and O–H groups in total. The zero-order valence-corrected chi connectivity index (χ0v) is 19.9. The van der Waals surface area contributed by atoms with Crippen molar-refractivity contribution in [2.24, 2.45) is 0 Å². The van der Waals surface area contributed by atoms with Gasteiger partial charge in [-0.15, -0.1) is 6.58 Å². The maximum absolute atomic E-state index is 13.5. The van der Waals surface area contributed by atoms with Crippen LogP contribution in [0.5, 0.6) is 0 Å². The average molecular weight is 514 g/mol. The quantitative estimate of drug-likeness (QED) is 0.356. The second-order valence-electron chi connectivity index (χ2n) is 8.86. The summed E-state index contributed by atoms with van der Waals surface area (Å²) >= 11 is 0. The average Bonchev–Trinajstić information content (AvgIpc) is 2.83. The number of halogens is 6. The van der Waals surface area contributed by atoms with Gasteiger partial charge in [0.25, 0.3) is 0 Å². The summed E-state index contributed by atoms with van der Waals surface area (Å²) in [7, 11) is 1.52. The molecule has 0 saturated carbocycles. The van der Waals surface area contributed by atoms with E-state index in [1.807, 2.05) is 36.4 Å². The molecule has 1 unspecified atom stereocenters. The molecule has 1 aliphatic rings. The van der Waals surface area contributed by atoms with Crippen LogP contribution in [-0.4, -0.2) is 66.9 Å². The van der Waals surface area contributed by atoms with E-state index in [0.717, 1.165) is 25.2 Å². The molecule has 0 radical (unpaired) electrons. The number of carbonyl (C=O) groups excluding carboxylic acids is 1. The molecule has 196 valence electrons. The van der Waals surface area contributed by atoms with Crippen molar-refractivity contribution in [3.05, 3.63) is 83.4 Å². The Labute approximate surface area is 206 Å². The highest BCUT2D eigenvalue weighted by molar-refractivity contribution is 5.83. The Balaban J connectivity index is 1.78. The van der Waals surface area contributed by atoms with Gasteiger partial charge in [-0.2, -0.15) is 26.3 Å². The van der Waals surface area contributed by atoms with Gasteiger partial charge in [0.05, 0.1) is 11.1 Å². The van der Waals surface area contributed by atoms with Crippen LogP contribution in [-0.2, 0) is 23.6 Å². The molecule has 0 bridgehead atoms. The molecule has 1 heterocycles. The predicted octanol–water partition coefficient (Wildman–Crippen LogP) is 5.27. The second-order valence-corrected chi connectivity index (χ2v) is 8.86. The molecule has 1 amide bonds. The third kappa shape index (κ3) is 7.10. The number of amides is 1. The van der Waals surface area contributed by atoms with Gasteiger partial charge in [-0.25, -0.2) is 0 Å². The summed E-state index contributed by atoms with van der Waals surface area (Å²) < 4.78 is 79.2. The Bertz CT molecular complexity index is 998. The highest BCUT2D eigenvalue weighted by atomic mass is 19.4. The van der Waals surface area contributed by atoms with E-state index in [2.05, 4.69) is 16.4 Å². The molecule has 36 heavy (non-hydrogen) atoms. The number of hydrogen-bond acceptors (Lipinski definition) is 3. The van der Waals surface area contributed by atoms with Crippen molar-refractivity contribution < 1.29 is 31.1 Å². The lowest BCUT2D eigenvalue weighted by Crippen LogP contribution is -2.51. The van der Waals surface area contributed by atoms with E-state index < -0.39 is 29.5 Å². The van der Waals surface area contributed by atoms with Crippen molar-refractivity contribution in [2.75, 3.05) is 46.3 Å². The van der Waals surface area contributed by atoms with Crippen molar-refractivity contribution in [3.8, 4) is 0 Å². The van der Waals surface area contributed by atoms with E-state index in [1.54, 1.807) is 0 Å². The van der Waals surface area contributed by atoms with Crippen LogP contribution in [0, 0.1) is 0 Å². The van der Waals surface area contributed by atoms with Gasteiger partial charge in [0.1, 0.15) is 6.04 Å². The molecule has 0 aromatic heterocycles.